The maximum atomic E-state index is 12.6. The summed E-state index contributed by atoms with van der Waals surface area (Å²) in [4.78, 5) is 12.6. The van der Waals surface area contributed by atoms with Crippen LogP contribution in [0.1, 0.15) is 5.76 Å². The second-order valence-corrected chi connectivity index (χ2v) is 4.79. The molecule has 0 bridgehead atoms. The molecule has 0 amide bonds. The van der Waals surface area contributed by atoms with E-state index in [4.69, 9.17) is 4.42 Å². The highest BCUT2D eigenvalue weighted by molar-refractivity contribution is 9.08. The van der Waals surface area contributed by atoms with E-state index in [1.165, 1.54) is 0 Å². The number of benzene rings is 2. The van der Waals surface area contributed by atoms with Gasteiger partial charge in [0.05, 0.1) is 16.3 Å². The van der Waals surface area contributed by atoms with E-state index in [1.807, 2.05) is 48.5 Å². The van der Waals surface area contributed by atoms with Crippen LogP contribution in [0, 0.1) is 0 Å². The van der Waals surface area contributed by atoms with Gasteiger partial charge in [-0.15, -0.1) is 0 Å². The predicted molar refractivity (Wildman–Crippen MR) is 80.6 cm³/mol. The number of hydrogen-bond acceptors (Lipinski definition) is 2. The molecule has 0 unspecified atom stereocenters. The average molecular weight is 315 g/mol. The van der Waals surface area contributed by atoms with Crippen LogP contribution in [0.2, 0.25) is 0 Å². The van der Waals surface area contributed by atoms with Gasteiger partial charge in [0.2, 0.25) is 5.43 Å². The number of rotatable bonds is 2. The summed E-state index contributed by atoms with van der Waals surface area (Å²) in [7, 11) is 0. The fourth-order valence-corrected chi connectivity index (χ4v) is 2.57. The molecule has 0 saturated heterocycles. The SMILES string of the molecule is O=c1c(-c2ccccc2)c(CBr)oc2ccccc12. The van der Waals surface area contributed by atoms with Gasteiger partial charge < -0.3 is 4.42 Å². The molecule has 0 radical (unpaired) electrons. The van der Waals surface area contributed by atoms with Crippen LogP contribution in [0.15, 0.2) is 63.8 Å². The summed E-state index contributed by atoms with van der Waals surface area (Å²) in [6.07, 6.45) is 0. The van der Waals surface area contributed by atoms with Crippen molar-refractivity contribution in [1.82, 2.24) is 0 Å². The lowest BCUT2D eigenvalue weighted by Gasteiger charge is -2.08. The number of para-hydroxylation sites is 1. The standard InChI is InChI=1S/C16H11BrO2/c17-10-14-15(11-6-2-1-3-7-11)16(18)12-8-4-5-9-13(12)19-14/h1-9H,10H2. The molecule has 0 fully saturated rings. The molecular weight excluding hydrogens is 304 g/mol. The fourth-order valence-electron chi connectivity index (χ4n) is 2.18. The first-order valence-electron chi connectivity index (χ1n) is 5.97. The Balaban J connectivity index is 2.41. The van der Waals surface area contributed by atoms with Crippen molar-refractivity contribution in [3.8, 4) is 11.1 Å². The normalized spacial score (nSPS) is 10.8. The van der Waals surface area contributed by atoms with Gasteiger partial charge in [-0.2, -0.15) is 0 Å². The third-order valence-electron chi connectivity index (χ3n) is 3.05. The molecule has 3 heteroatoms. The monoisotopic (exact) mass is 314 g/mol. The molecule has 0 aliphatic heterocycles. The first-order chi connectivity index (χ1) is 9.31. The van der Waals surface area contributed by atoms with E-state index in [1.54, 1.807) is 6.07 Å². The summed E-state index contributed by atoms with van der Waals surface area (Å²) < 4.78 is 5.83. The Morgan fingerprint density at radius 2 is 1.63 bits per heavy atom. The molecule has 1 heterocycles. The first kappa shape index (κ1) is 12.2. The minimum Gasteiger partial charge on any atom is -0.459 e. The smallest absolute Gasteiger partial charge is 0.200 e. The molecule has 0 aliphatic carbocycles. The van der Waals surface area contributed by atoms with E-state index < -0.39 is 0 Å². The Kier molecular flexibility index (Phi) is 3.22. The van der Waals surface area contributed by atoms with Crippen LogP contribution >= 0.6 is 15.9 Å². The lowest BCUT2D eigenvalue weighted by Crippen LogP contribution is -2.08. The van der Waals surface area contributed by atoms with Gasteiger partial charge in [-0.1, -0.05) is 58.4 Å². The second kappa shape index (κ2) is 5.02. The number of hydrogen-bond donors (Lipinski definition) is 0. The van der Waals surface area contributed by atoms with Crippen LogP contribution in [-0.2, 0) is 5.33 Å². The molecule has 0 N–H and O–H groups in total. The maximum Gasteiger partial charge on any atom is 0.200 e. The van der Waals surface area contributed by atoms with Crippen molar-refractivity contribution in [2.45, 2.75) is 5.33 Å². The zero-order valence-corrected chi connectivity index (χ0v) is 11.7. The quantitative estimate of drug-likeness (QED) is 0.658. The van der Waals surface area contributed by atoms with Crippen molar-refractivity contribution < 1.29 is 4.42 Å². The van der Waals surface area contributed by atoms with Crippen LogP contribution < -0.4 is 5.43 Å². The molecule has 2 aromatic carbocycles. The lowest BCUT2D eigenvalue weighted by atomic mass is 10.0. The average Bonchev–Trinajstić information content (AvgIpc) is 2.48. The van der Waals surface area contributed by atoms with Crippen LogP contribution in [0.25, 0.3) is 22.1 Å². The maximum absolute atomic E-state index is 12.6. The van der Waals surface area contributed by atoms with Crippen molar-refractivity contribution >= 4 is 26.9 Å². The molecule has 0 atom stereocenters. The lowest BCUT2D eigenvalue weighted by molar-refractivity contribution is 0.564. The molecule has 0 aliphatic rings. The zero-order chi connectivity index (χ0) is 13.2. The molecular formula is C16H11BrO2. The minimum atomic E-state index is 0.0162. The third-order valence-corrected chi connectivity index (χ3v) is 3.56. The van der Waals surface area contributed by atoms with Crippen molar-refractivity contribution in [3.05, 3.63) is 70.6 Å². The van der Waals surface area contributed by atoms with Gasteiger partial charge in [-0.25, -0.2) is 0 Å². The molecule has 3 aromatic rings. The highest BCUT2D eigenvalue weighted by Crippen LogP contribution is 2.25. The van der Waals surface area contributed by atoms with E-state index in [0.29, 0.717) is 27.6 Å². The van der Waals surface area contributed by atoms with E-state index in [2.05, 4.69) is 15.9 Å². The van der Waals surface area contributed by atoms with Crippen LogP contribution in [0.5, 0.6) is 0 Å². The largest absolute Gasteiger partial charge is 0.459 e. The van der Waals surface area contributed by atoms with Gasteiger partial charge in [-0.3, -0.25) is 4.79 Å². The van der Waals surface area contributed by atoms with Crippen LogP contribution in [0.3, 0.4) is 0 Å². The van der Waals surface area contributed by atoms with Gasteiger partial charge >= 0.3 is 0 Å². The molecule has 3 rings (SSSR count). The molecule has 94 valence electrons. The van der Waals surface area contributed by atoms with Crippen LogP contribution in [-0.4, -0.2) is 0 Å². The van der Waals surface area contributed by atoms with Crippen LogP contribution in [0.4, 0.5) is 0 Å². The van der Waals surface area contributed by atoms with Crippen molar-refractivity contribution in [3.63, 3.8) is 0 Å². The summed E-state index contributed by atoms with van der Waals surface area (Å²) in [5.74, 6) is 0.662. The van der Waals surface area contributed by atoms with E-state index in [0.717, 1.165) is 5.56 Å². The summed E-state index contributed by atoms with van der Waals surface area (Å²) >= 11 is 3.39. The van der Waals surface area contributed by atoms with E-state index >= 15 is 0 Å². The molecule has 19 heavy (non-hydrogen) atoms. The number of fused-ring (bicyclic) bond motifs is 1. The van der Waals surface area contributed by atoms with Gasteiger partial charge in [0.25, 0.3) is 0 Å². The summed E-state index contributed by atoms with van der Waals surface area (Å²) in [6.45, 7) is 0. The zero-order valence-electron chi connectivity index (χ0n) is 10.1. The fraction of sp³-hybridized carbons (Fsp3) is 0.0625. The third kappa shape index (κ3) is 2.10. The van der Waals surface area contributed by atoms with E-state index in [-0.39, 0.29) is 5.43 Å². The van der Waals surface area contributed by atoms with Gasteiger partial charge in [0.1, 0.15) is 11.3 Å². The first-order valence-corrected chi connectivity index (χ1v) is 7.09. The summed E-state index contributed by atoms with van der Waals surface area (Å²) in [6, 6.07) is 16.9. The summed E-state index contributed by atoms with van der Waals surface area (Å²) in [5.41, 5.74) is 2.16. The van der Waals surface area contributed by atoms with Gasteiger partial charge in [-0.05, 0) is 17.7 Å². The highest BCUT2D eigenvalue weighted by Gasteiger charge is 2.14. The topological polar surface area (TPSA) is 30.2 Å². The Bertz CT molecular complexity index is 776. The molecule has 1 aromatic heterocycles. The van der Waals surface area contributed by atoms with Crippen molar-refractivity contribution in [2.24, 2.45) is 0 Å². The van der Waals surface area contributed by atoms with Crippen molar-refractivity contribution in [1.29, 1.82) is 0 Å². The molecule has 2 nitrogen and oxygen atoms in total. The Morgan fingerprint density at radius 1 is 0.947 bits per heavy atom. The summed E-state index contributed by atoms with van der Waals surface area (Å²) in [5, 5.41) is 1.13. The molecule has 0 spiro atoms. The van der Waals surface area contributed by atoms with Gasteiger partial charge in [0.15, 0.2) is 0 Å². The number of alkyl halides is 1. The van der Waals surface area contributed by atoms with Crippen molar-refractivity contribution in [2.75, 3.05) is 0 Å². The highest BCUT2D eigenvalue weighted by atomic mass is 79.9. The second-order valence-electron chi connectivity index (χ2n) is 4.23. The van der Waals surface area contributed by atoms with Gasteiger partial charge in [0, 0.05) is 0 Å². The predicted octanol–water partition coefficient (Wildman–Crippen LogP) is 4.35. The minimum absolute atomic E-state index is 0.0162. The number of halogens is 1. The Labute approximate surface area is 118 Å². The Morgan fingerprint density at radius 3 is 2.37 bits per heavy atom. The molecule has 0 saturated carbocycles. The van der Waals surface area contributed by atoms with E-state index in [9.17, 15) is 4.79 Å². The Hall–Kier alpha value is -1.87.